The van der Waals surface area contributed by atoms with Crippen molar-refractivity contribution < 1.29 is 4.79 Å². The van der Waals surface area contributed by atoms with Crippen molar-refractivity contribution in [1.29, 1.82) is 5.26 Å². The number of anilines is 1. The number of aromatic nitrogens is 2. The van der Waals surface area contributed by atoms with Gasteiger partial charge in [0.15, 0.2) is 5.16 Å². The number of carbonyl (C=O) groups is 1. The SMILES string of the molecule is Cc1sc2nc(SCC(=O)Nc3sccc3C#N)n(C)c(=O)c2c1C. The van der Waals surface area contributed by atoms with Crippen LogP contribution in [0.4, 0.5) is 5.00 Å². The molecule has 0 saturated heterocycles. The molecule has 3 rings (SSSR count). The standard InChI is InChI=1S/C16H14N4O2S3/c1-8-9(2)25-14-12(8)15(22)20(3)16(19-14)24-7-11(21)18-13-10(6-17)4-5-23-13/h4-5H,7H2,1-3H3,(H,18,21). The first-order chi connectivity index (χ1) is 11.9. The molecule has 0 aliphatic carbocycles. The lowest BCUT2D eigenvalue weighted by molar-refractivity contribution is -0.113. The predicted octanol–water partition coefficient (Wildman–Crippen LogP) is 3.28. The third-order valence-electron chi connectivity index (χ3n) is 3.74. The van der Waals surface area contributed by atoms with Crippen molar-refractivity contribution in [2.45, 2.75) is 19.0 Å². The van der Waals surface area contributed by atoms with Gasteiger partial charge in [-0.05, 0) is 30.9 Å². The molecule has 0 unspecified atom stereocenters. The van der Waals surface area contributed by atoms with Crippen LogP contribution < -0.4 is 10.9 Å². The molecule has 25 heavy (non-hydrogen) atoms. The van der Waals surface area contributed by atoms with Crippen LogP contribution in [0.3, 0.4) is 0 Å². The van der Waals surface area contributed by atoms with E-state index in [1.165, 1.54) is 39.0 Å². The molecule has 1 amide bonds. The van der Waals surface area contributed by atoms with Crippen LogP contribution in [0.5, 0.6) is 0 Å². The Bertz CT molecular complexity index is 1070. The largest absolute Gasteiger partial charge is 0.316 e. The zero-order chi connectivity index (χ0) is 18.1. The average molecular weight is 391 g/mol. The lowest BCUT2D eigenvalue weighted by atomic mass is 10.2. The number of hydrogen-bond donors (Lipinski definition) is 1. The molecule has 3 aromatic rings. The number of carbonyl (C=O) groups excluding carboxylic acids is 1. The average Bonchev–Trinajstić information content (AvgIpc) is 3.14. The normalized spacial score (nSPS) is 10.8. The Labute approximate surface area is 156 Å². The second-order valence-corrected chi connectivity index (χ2v) is 8.40. The summed E-state index contributed by atoms with van der Waals surface area (Å²) in [5, 5.41) is 15.1. The summed E-state index contributed by atoms with van der Waals surface area (Å²) in [6.45, 7) is 3.89. The van der Waals surface area contributed by atoms with Gasteiger partial charge in [-0.25, -0.2) is 4.98 Å². The highest BCUT2D eigenvalue weighted by Crippen LogP contribution is 2.28. The van der Waals surface area contributed by atoms with E-state index in [1.807, 2.05) is 19.9 Å². The predicted molar refractivity (Wildman–Crippen MR) is 103 cm³/mol. The Hall–Kier alpha value is -2.15. The number of thiophene rings is 2. The molecule has 0 bridgehead atoms. The topological polar surface area (TPSA) is 87.8 Å². The van der Waals surface area contributed by atoms with E-state index in [4.69, 9.17) is 5.26 Å². The lowest BCUT2D eigenvalue weighted by Gasteiger charge is -2.07. The maximum atomic E-state index is 12.5. The summed E-state index contributed by atoms with van der Waals surface area (Å²) in [6.07, 6.45) is 0. The fraction of sp³-hybridized carbons (Fsp3) is 0.250. The van der Waals surface area contributed by atoms with Crippen LogP contribution in [0.2, 0.25) is 0 Å². The van der Waals surface area contributed by atoms with E-state index in [2.05, 4.69) is 10.3 Å². The molecule has 0 aromatic carbocycles. The molecular weight excluding hydrogens is 376 g/mol. The highest BCUT2D eigenvalue weighted by Gasteiger charge is 2.16. The van der Waals surface area contributed by atoms with Gasteiger partial charge in [0.05, 0.1) is 16.7 Å². The smallest absolute Gasteiger partial charge is 0.262 e. The van der Waals surface area contributed by atoms with Crippen LogP contribution in [-0.2, 0) is 11.8 Å². The molecule has 0 spiro atoms. The zero-order valence-corrected chi connectivity index (χ0v) is 16.2. The van der Waals surface area contributed by atoms with E-state index in [9.17, 15) is 9.59 Å². The Morgan fingerprint density at radius 3 is 2.96 bits per heavy atom. The molecular formula is C16H14N4O2S3. The van der Waals surface area contributed by atoms with Crippen LogP contribution in [0.1, 0.15) is 16.0 Å². The maximum absolute atomic E-state index is 12.5. The first kappa shape index (κ1) is 17.7. The van der Waals surface area contributed by atoms with Crippen molar-refractivity contribution in [3.05, 3.63) is 37.8 Å². The Balaban J connectivity index is 1.79. The minimum absolute atomic E-state index is 0.0974. The number of nitrogens with zero attached hydrogens (tertiary/aromatic N) is 3. The number of nitriles is 1. The van der Waals surface area contributed by atoms with Crippen molar-refractivity contribution in [1.82, 2.24) is 9.55 Å². The van der Waals surface area contributed by atoms with Crippen LogP contribution in [-0.4, -0.2) is 21.2 Å². The van der Waals surface area contributed by atoms with E-state index >= 15 is 0 Å². The van der Waals surface area contributed by atoms with E-state index in [-0.39, 0.29) is 17.2 Å². The molecule has 0 saturated carbocycles. The van der Waals surface area contributed by atoms with Crippen molar-refractivity contribution in [3.63, 3.8) is 0 Å². The van der Waals surface area contributed by atoms with E-state index in [0.29, 0.717) is 25.9 Å². The van der Waals surface area contributed by atoms with Crippen LogP contribution >= 0.6 is 34.4 Å². The Kier molecular flexibility index (Phi) is 4.94. The van der Waals surface area contributed by atoms with Crippen molar-refractivity contribution in [2.75, 3.05) is 11.1 Å². The lowest BCUT2D eigenvalue weighted by Crippen LogP contribution is -2.21. The molecule has 3 heterocycles. The van der Waals surface area contributed by atoms with Gasteiger partial charge in [-0.2, -0.15) is 5.26 Å². The van der Waals surface area contributed by atoms with Gasteiger partial charge in [-0.15, -0.1) is 22.7 Å². The van der Waals surface area contributed by atoms with Gasteiger partial charge in [0.1, 0.15) is 15.9 Å². The van der Waals surface area contributed by atoms with Crippen molar-refractivity contribution in [3.8, 4) is 6.07 Å². The number of aryl methyl sites for hydroxylation is 2. The molecule has 0 atom stereocenters. The third-order valence-corrected chi connectivity index (χ3v) is 6.70. The monoisotopic (exact) mass is 390 g/mol. The number of hydrogen-bond acceptors (Lipinski definition) is 7. The molecule has 0 fully saturated rings. The van der Waals surface area contributed by atoms with Crippen molar-refractivity contribution >= 4 is 55.6 Å². The van der Waals surface area contributed by atoms with Crippen LogP contribution in [0, 0.1) is 25.2 Å². The third kappa shape index (κ3) is 3.33. The minimum atomic E-state index is -0.239. The minimum Gasteiger partial charge on any atom is -0.316 e. The molecule has 128 valence electrons. The fourth-order valence-electron chi connectivity index (χ4n) is 2.27. The van der Waals surface area contributed by atoms with Gasteiger partial charge in [0.25, 0.3) is 5.56 Å². The first-order valence-corrected chi connectivity index (χ1v) is 9.97. The van der Waals surface area contributed by atoms with E-state index in [1.54, 1.807) is 18.5 Å². The first-order valence-electron chi connectivity index (χ1n) is 7.29. The highest BCUT2D eigenvalue weighted by molar-refractivity contribution is 7.99. The van der Waals surface area contributed by atoms with Gasteiger partial charge in [-0.1, -0.05) is 11.8 Å². The van der Waals surface area contributed by atoms with Crippen LogP contribution in [0.25, 0.3) is 10.2 Å². The van der Waals surface area contributed by atoms with E-state index in [0.717, 1.165) is 10.4 Å². The maximum Gasteiger partial charge on any atom is 0.262 e. The number of thioether (sulfide) groups is 1. The van der Waals surface area contributed by atoms with Gasteiger partial charge < -0.3 is 5.32 Å². The zero-order valence-electron chi connectivity index (χ0n) is 13.7. The molecule has 1 N–H and O–H groups in total. The Morgan fingerprint density at radius 2 is 2.24 bits per heavy atom. The summed E-state index contributed by atoms with van der Waals surface area (Å²) in [4.78, 5) is 31.0. The van der Waals surface area contributed by atoms with E-state index < -0.39 is 0 Å². The molecule has 0 aliphatic heterocycles. The number of fused-ring (bicyclic) bond motifs is 1. The van der Waals surface area contributed by atoms with Gasteiger partial charge in [-0.3, -0.25) is 14.2 Å². The second kappa shape index (κ2) is 7.00. The summed E-state index contributed by atoms with van der Waals surface area (Å²) < 4.78 is 1.48. The van der Waals surface area contributed by atoms with Crippen molar-refractivity contribution in [2.24, 2.45) is 7.05 Å². The molecule has 6 nitrogen and oxygen atoms in total. The highest BCUT2D eigenvalue weighted by atomic mass is 32.2. The summed E-state index contributed by atoms with van der Waals surface area (Å²) in [5.41, 5.74) is 1.31. The number of amides is 1. The van der Waals surface area contributed by atoms with Gasteiger partial charge in [0, 0.05) is 11.9 Å². The molecule has 0 radical (unpaired) electrons. The molecule has 9 heteroatoms. The number of rotatable bonds is 4. The number of nitrogens with one attached hydrogen (secondary N) is 1. The Morgan fingerprint density at radius 1 is 1.48 bits per heavy atom. The quantitative estimate of drug-likeness (QED) is 0.546. The molecule has 0 aliphatic rings. The van der Waals surface area contributed by atoms with Gasteiger partial charge >= 0.3 is 0 Å². The molecule has 3 aromatic heterocycles. The fourth-order valence-corrected chi connectivity index (χ4v) is 4.87. The summed E-state index contributed by atoms with van der Waals surface area (Å²) in [6, 6.07) is 3.69. The second-order valence-electron chi connectivity index (χ2n) is 5.33. The summed E-state index contributed by atoms with van der Waals surface area (Å²) in [5.74, 6) is -0.130. The van der Waals surface area contributed by atoms with Crippen LogP contribution in [0.15, 0.2) is 21.4 Å². The van der Waals surface area contributed by atoms with Gasteiger partial charge in [0.2, 0.25) is 5.91 Å². The summed E-state index contributed by atoms with van der Waals surface area (Å²) >= 11 is 3.99. The summed E-state index contributed by atoms with van der Waals surface area (Å²) in [7, 11) is 1.66.